The van der Waals surface area contributed by atoms with Gasteiger partial charge in [-0.15, -0.1) is 0 Å². The SMILES string of the molecule is CCC(C)Nc1ccc(C(O)(C(F)(F)F)C(F)(F)F)cc1. The van der Waals surface area contributed by atoms with Crippen molar-refractivity contribution in [2.75, 3.05) is 5.32 Å². The maximum Gasteiger partial charge on any atom is 0.430 e. The Hall–Kier alpha value is -1.44. The summed E-state index contributed by atoms with van der Waals surface area (Å²) in [5, 5.41) is 12.1. The number of hydrogen-bond donors (Lipinski definition) is 2. The van der Waals surface area contributed by atoms with Crippen molar-refractivity contribution < 1.29 is 31.4 Å². The first kappa shape index (κ1) is 17.6. The Morgan fingerprint density at radius 3 is 1.76 bits per heavy atom. The highest BCUT2D eigenvalue weighted by atomic mass is 19.4. The van der Waals surface area contributed by atoms with E-state index < -0.39 is 23.5 Å². The number of aliphatic hydroxyl groups is 1. The van der Waals surface area contributed by atoms with Gasteiger partial charge in [-0.2, -0.15) is 26.3 Å². The number of alkyl halides is 6. The van der Waals surface area contributed by atoms with Gasteiger partial charge in [-0.05, 0) is 25.5 Å². The molecule has 0 aliphatic heterocycles. The lowest BCUT2D eigenvalue weighted by Crippen LogP contribution is -2.53. The first-order valence-corrected chi connectivity index (χ1v) is 6.16. The molecule has 1 atom stereocenters. The van der Waals surface area contributed by atoms with Crippen LogP contribution in [-0.4, -0.2) is 23.5 Å². The maximum absolute atomic E-state index is 12.7. The van der Waals surface area contributed by atoms with E-state index in [1.165, 1.54) is 0 Å². The van der Waals surface area contributed by atoms with E-state index in [1.54, 1.807) is 0 Å². The van der Waals surface area contributed by atoms with Gasteiger partial charge in [0.15, 0.2) is 0 Å². The predicted octanol–water partition coefficient (Wildman–Crippen LogP) is 4.21. The molecule has 0 spiro atoms. The predicted molar refractivity (Wildman–Crippen MR) is 65.8 cm³/mol. The number of hydrogen-bond acceptors (Lipinski definition) is 2. The van der Waals surface area contributed by atoms with Gasteiger partial charge in [-0.3, -0.25) is 0 Å². The van der Waals surface area contributed by atoms with Crippen LogP contribution < -0.4 is 5.32 Å². The molecule has 0 radical (unpaired) electrons. The van der Waals surface area contributed by atoms with Gasteiger partial charge in [0.1, 0.15) is 0 Å². The summed E-state index contributed by atoms with van der Waals surface area (Å²) >= 11 is 0. The van der Waals surface area contributed by atoms with Crippen LogP contribution >= 0.6 is 0 Å². The number of halogens is 6. The molecule has 21 heavy (non-hydrogen) atoms. The lowest BCUT2D eigenvalue weighted by Gasteiger charge is -2.32. The van der Waals surface area contributed by atoms with Crippen molar-refractivity contribution in [3.8, 4) is 0 Å². The van der Waals surface area contributed by atoms with Crippen molar-refractivity contribution in [3.63, 3.8) is 0 Å². The molecular weight excluding hydrogens is 300 g/mol. The van der Waals surface area contributed by atoms with Crippen LogP contribution in [0.25, 0.3) is 0 Å². The van der Waals surface area contributed by atoms with Gasteiger partial charge in [0.2, 0.25) is 0 Å². The van der Waals surface area contributed by atoms with Crippen molar-refractivity contribution in [2.24, 2.45) is 0 Å². The highest BCUT2D eigenvalue weighted by molar-refractivity contribution is 5.46. The maximum atomic E-state index is 12.7. The van der Waals surface area contributed by atoms with Crippen molar-refractivity contribution in [2.45, 2.75) is 44.3 Å². The number of nitrogens with one attached hydrogen (secondary N) is 1. The standard InChI is InChI=1S/C13H15F6NO/c1-3-8(2)20-10-6-4-9(5-7-10)11(21,12(14,15)16)13(17,18)19/h4-8,20-21H,3H2,1-2H3. The molecule has 0 fully saturated rings. The molecule has 120 valence electrons. The summed E-state index contributed by atoms with van der Waals surface area (Å²) in [6.45, 7) is 3.69. The highest BCUT2D eigenvalue weighted by Crippen LogP contribution is 2.50. The zero-order chi connectivity index (χ0) is 16.5. The molecule has 0 amide bonds. The monoisotopic (exact) mass is 315 g/mol. The average molecular weight is 315 g/mol. The van der Waals surface area contributed by atoms with E-state index in [-0.39, 0.29) is 6.04 Å². The molecule has 0 saturated carbocycles. The van der Waals surface area contributed by atoms with Crippen LogP contribution in [0.3, 0.4) is 0 Å². The third-order valence-corrected chi connectivity index (χ3v) is 3.15. The van der Waals surface area contributed by atoms with E-state index in [1.807, 2.05) is 13.8 Å². The van der Waals surface area contributed by atoms with Crippen molar-refractivity contribution in [3.05, 3.63) is 29.8 Å². The van der Waals surface area contributed by atoms with Crippen LogP contribution in [0.5, 0.6) is 0 Å². The molecule has 1 aromatic rings. The van der Waals surface area contributed by atoms with E-state index in [0.29, 0.717) is 17.8 Å². The Balaban J connectivity index is 3.18. The molecule has 8 heteroatoms. The summed E-state index contributed by atoms with van der Waals surface area (Å²) in [5.74, 6) is 0. The zero-order valence-corrected chi connectivity index (χ0v) is 11.3. The quantitative estimate of drug-likeness (QED) is 0.816. The minimum absolute atomic E-state index is 0.0139. The Morgan fingerprint density at radius 1 is 1.00 bits per heavy atom. The first-order chi connectivity index (χ1) is 9.43. The summed E-state index contributed by atoms with van der Waals surface area (Å²) in [7, 11) is 0. The second-order valence-electron chi connectivity index (χ2n) is 4.74. The number of anilines is 1. The first-order valence-electron chi connectivity index (χ1n) is 6.16. The third-order valence-electron chi connectivity index (χ3n) is 3.15. The van der Waals surface area contributed by atoms with Crippen molar-refractivity contribution in [1.82, 2.24) is 0 Å². The minimum atomic E-state index is -5.86. The summed E-state index contributed by atoms with van der Waals surface area (Å²) in [5.41, 5.74) is -5.77. The molecule has 2 nitrogen and oxygen atoms in total. The molecule has 1 aromatic carbocycles. The Labute approximate surface area is 117 Å². The van der Waals surface area contributed by atoms with Crippen LogP contribution in [0.1, 0.15) is 25.8 Å². The molecule has 2 N–H and O–H groups in total. The summed E-state index contributed by atoms with van der Waals surface area (Å²) in [6.07, 6.45) is -11.0. The summed E-state index contributed by atoms with van der Waals surface area (Å²) in [6, 6.07) is 3.39. The van der Waals surface area contributed by atoms with Gasteiger partial charge in [-0.25, -0.2) is 0 Å². The Morgan fingerprint density at radius 2 is 1.43 bits per heavy atom. The van der Waals surface area contributed by atoms with E-state index >= 15 is 0 Å². The minimum Gasteiger partial charge on any atom is -0.383 e. The topological polar surface area (TPSA) is 32.3 Å². The van der Waals surface area contributed by atoms with Gasteiger partial charge in [0.25, 0.3) is 5.60 Å². The van der Waals surface area contributed by atoms with Crippen molar-refractivity contribution in [1.29, 1.82) is 0 Å². The van der Waals surface area contributed by atoms with Crippen molar-refractivity contribution >= 4 is 5.69 Å². The molecule has 0 heterocycles. The zero-order valence-electron chi connectivity index (χ0n) is 11.3. The molecule has 0 aromatic heterocycles. The highest BCUT2D eigenvalue weighted by Gasteiger charge is 2.71. The second kappa shape index (κ2) is 5.75. The number of rotatable bonds is 4. The molecule has 0 bridgehead atoms. The van der Waals surface area contributed by atoms with E-state index in [9.17, 15) is 31.4 Å². The van der Waals surface area contributed by atoms with Crippen LogP contribution in [-0.2, 0) is 5.60 Å². The van der Waals surface area contributed by atoms with Gasteiger partial charge in [-0.1, -0.05) is 19.1 Å². The van der Waals surface area contributed by atoms with E-state index in [4.69, 9.17) is 0 Å². The Bertz CT molecular complexity index is 451. The fourth-order valence-corrected chi connectivity index (χ4v) is 1.68. The fourth-order valence-electron chi connectivity index (χ4n) is 1.68. The van der Waals surface area contributed by atoms with Gasteiger partial charge >= 0.3 is 12.4 Å². The molecule has 0 aliphatic rings. The molecule has 0 saturated heterocycles. The molecule has 1 rings (SSSR count). The van der Waals surface area contributed by atoms with Gasteiger partial charge < -0.3 is 10.4 Å². The van der Waals surface area contributed by atoms with Crippen LogP contribution in [0.15, 0.2) is 24.3 Å². The largest absolute Gasteiger partial charge is 0.430 e. The lowest BCUT2D eigenvalue weighted by molar-refractivity contribution is -0.376. The van der Waals surface area contributed by atoms with Crippen LogP contribution in [0.4, 0.5) is 32.0 Å². The van der Waals surface area contributed by atoms with Gasteiger partial charge in [0.05, 0.1) is 0 Å². The van der Waals surface area contributed by atoms with Gasteiger partial charge in [0, 0.05) is 17.3 Å². The normalized spacial score (nSPS) is 14.9. The third kappa shape index (κ3) is 3.42. The Kier molecular flexibility index (Phi) is 4.82. The van der Waals surface area contributed by atoms with Crippen LogP contribution in [0.2, 0.25) is 0 Å². The molecular formula is C13H15F6NO. The second-order valence-corrected chi connectivity index (χ2v) is 4.74. The average Bonchev–Trinajstić information content (AvgIpc) is 2.35. The summed E-state index contributed by atoms with van der Waals surface area (Å²) in [4.78, 5) is 0. The smallest absolute Gasteiger partial charge is 0.383 e. The fraction of sp³-hybridized carbons (Fsp3) is 0.538. The molecule has 1 unspecified atom stereocenters. The van der Waals surface area contributed by atoms with E-state index in [0.717, 1.165) is 18.6 Å². The lowest BCUT2D eigenvalue weighted by atomic mass is 9.92. The van der Waals surface area contributed by atoms with E-state index in [2.05, 4.69) is 5.32 Å². The molecule has 0 aliphatic carbocycles. The van der Waals surface area contributed by atoms with Crippen LogP contribution in [0, 0.1) is 0 Å². The summed E-state index contributed by atoms with van der Waals surface area (Å²) < 4.78 is 76.0. The number of benzene rings is 1.